The average molecular weight is 464 g/mol. The molecule has 0 saturated carbocycles. The summed E-state index contributed by atoms with van der Waals surface area (Å²) in [5.41, 5.74) is 9.78. The third kappa shape index (κ3) is 4.12. The Morgan fingerprint density at radius 2 is 1.66 bits per heavy atom. The molecule has 0 spiro atoms. The van der Waals surface area contributed by atoms with Crippen molar-refractivity contribution in [2.75, 3.05) is 0 Å². The molecule has 1 aromatic heterocycles. The van der Waals surface area contributed by atoms with Crippen molar-refractivity contribution in [1.82, 2.24) is 15.3 Å². The van der Waals surface area contributed by atoms with Gasteiger partial charge < -0.3 is 10.5 Å². The van der Waals surface area contributed by atoms with Gasteiger partial charge in [0.2, 0.25) is 0 Å². The normalized spacial score (nSPS) is 18.0. The number of hydrogen-bond donors (Lipinski definition) is 2. The molecule has 3 N–H and O–H groups in total. The lowest BCUT2D eigenvalue weighted by Gasteiger charge is -2.26. The van der Waals surface area contributed by atoms with E-state index in [9.17, 15) is 4.79 Å². The lowest BCUT2D eigenvalue weighted by Crippen LogP contribution is -2.39. The number of guanidine groups is 1. The number of rotatable bonds is 6. The molecule has 0 bridgehead atoms. The van der Waals surface area contributed by atoms with Gasteiger partial charge in [0.15, 0.2) is 11.5 Å². The first-order chi connectivity index (χ1) is 17.0. The summed E-state index contributed by atoms with van der Waals surface area (Å²) in [6, 6.07) is 23.4. The smallest absolute Gasteiger partial charge is 0.263 e. The fourth-order valence-corrected chi connectivity index (χ4v) is 4.39. The second-order valence-electron chi connectivity index (χ2n) is 8.52. The number of aromatic nitrogens is 2. The fourth-order valence-electron chi connectivity index (χ4n) is 4.39. The Kier molecular flexibility index (Phi) is 5.74. The number of nitrogens with zero attached hydrogens (tertiary/aromatic N) is 3. The van der Waals surface area contributed by atoms with Gasteiger partial charge in [0.25, 0.3) is 5.91 Å². The minimum Gasteiger partial charge on any atom is -0.486 e. The number of aryl methyl sites for hydroxylation is 1. The van der Waals surface area contributed by atoms with E-state index in [-0.39, 0.29) is 18.0 Å². The summed E-state index contributed by atoms with van der Waals surface area (Å²) < 4.78 is 6.24. The number of amides is 1. The number of carbonyl (C=O) groups excluding carboxylic acids is 1. The van der Waals surface area contributed by atoms with Gasteiger partial charge in [0.05, 0.1) is 0 Å². The summed E-state index contributed by atoms with van der Waals surface area (Å²) in [5.74, 6) is 0.520. The first-order valence-electron chi connectivity index (χ1n) is 11.3. The molecule has 2 heterocycles. The minimum atomic E-state index is -1.32. The van der Waals surface area contributed by atoms with Crippen molar-refractivity contribution in [2.24, 2.45) is 10.7 Å². The van der Waals surface area contributed by atoms with Crippen molar-refractivity contribution in [1.29, 1.82) is 0 Å². The van der Waals surface area contributed by atoms with Gasteiger partial charge in [-0.25, -0.2) is 15.0 Å². The van der Waals surface area contributed by atoms with Crippen LogP contribution in [0.5, 0.6) is 5.75 Å². The zero-order valence-corrected chi connectivity index (χ0v) is 19.5. The quantitative estimate of drug-likeness (QED) is 0.444. The van der Waals surface area contributed by atoms with Crippen LogP contribution in [0.2, 0.25) is 0 Å². The summed E-state index contributed by atoms with van der Waals surface area (Å²) in [6.45, 7) is 3.97. The minimum absolute atomic E-state index is 0.0825. The summed E-state index contributed by atoms with van der Waals surface area (Å²) >= 11 is 0. The Morgan fingerprint density at radius 3 is 2.34 bits per heavy atom. The molecule has 7 heteroatoms. The highest BCUT2D eigenvalue weighted by Crippen LogP contribution is 2.40. The van der Waals surface area contributed by atoms with Crippen molar-refractivity contribution in [3.63, 3.8) is 0 Å². The first kappa shape index (κ1) is 22.3. The van der Waals surface area contributed by atoms with Crippen molar-refractivity contribution in [2.45, 2.75) is 25.5 Å². The third-order valence-corrected chi connectivity index (χ3v) is 6.20. The molecule has 0 aliphatic carbocycles. The SMILES string of the molecule is Cc1cc(C2(c3cccc(-c4cncnc4)c3)N=C(N)NC2=O)ccc1O[C@H](C)c1ccccc1. The third-order valence-electron chi connectivity index (χ3n) is 6.20. The lowest BCUT2D eigenvalue weighted by atomic mass is 9.81. The number of ether oxygens (including phenoxy) is 1. The van der Waals surface area contributed by atoms with Gasteiger partial charge >= 0.3 is 0 Å². The number of nitrogens with two attached hydrogens (primary N) is 1. The molecule has 2 atom stereocenters. The average Bonchev–Trinajstić information content (AvgIpc) is 3.20. The molecule has 3 aromatic carbocycles. The zero-order valence-electron chi connectivity index (χ0n) is 19.5. The molecular weight excluding hydrogens is 438 g/mol. The largest absolute Gasteiger partial charge is 0.486 e. The molecule has 1 unspecified atom stereocenters. The number of benzene rings is 3. The Bertz CT molecular complexity index is 1410. The summed E-state index contributed by atoms with van der Waals surface area (Å²) in [6.07, 6.45) is 4.82. The van der Waals surface area contributed by atoms with Crippen LogP contribution in [0.4, 0.5) is 0 Å². The van der Waals surface area contributed by atoms with Crippen molar-refractivity contribution in [3.05, 3.63) is 114 Å². The number of aliphatic imine (C=N–C) groups is 1. The standard InChI is InChI=1S/C28H25N5O2/c1-18-13-24(11-12-25(18)35-19(2)20-7-4-3-5-8-20)28(26(34)32-27(29)33-28)23-10-6-9-21(14-23)22-15-30-17-31-16-22/h3-17,19H,1-2H3,(H3,29,32,33,34)/t19-,28?/m1/s1. The Balaban J connectivity index is 1.55. The van der Waals surface area contributed by atoms with Gasteiger partial charge in [0, 0.05) is 18.0 Å². The predicted octanol–water partition coefficient (Wildman–Crippen LogP) is 4.28. The van der Waals surface area contributed by atoms with E-state index in [0.717, 1.165) is 28.0 Å². The van der Waals surface area contributed by atoms with E-state index in [2.05, 4.69) is 20.3 Å². The van der Waals surface area contributed by atoms with Crippen LogP contribution in [-0.2, 0) is 10.3 Å². The van der Waals surface area contributed by atoms with Gasteiger partial charge in [-0.15, -0.1) is 0 Å². The maximum atomic E-state index is 13.4. The highest BCUT2D eigenvalue weighted by molar-refractivity contribution is 6.09. The lowest BCUT2D eigenvalue weighted by molar-refractivity contribution is -0.122. The van der Waals surface area contributed by atoms with E-state index in [1.165, 1.54) is 6.33 Å². The van der Waals surface area contributed by atoms with Crippen LogP contribution in [0.3, 0.4) is 0 Å². The topological polar surface area (TPSA) is 102 Å². The van der Waals surface area contributed by atoms with E-state index in [1.807, 2.05) is 86.6 Å². The van der Waals surface area contributed by atoms with Crippen LogP contribution in [0.1, 0.15) is 35.3 Å². The van der Waals surface area contributed by atoms with Gasteiger partial charge in [-0.3, -0.25) is 10.1 Å². The number of hydrogen-bond acceptors (Lipinski definition) is 6. The molecule has 1 aliphatic heterocycles. The maximum Gasteiger partial charge on any atom is 0.263 e. The number of nitrogens with one attached hydrogen (secondary N) is 1. The van der Waals surface area contributed by atoms with Gasteiger partial charge in [0.1, 0.15) is 18.2 Å². The van der Waals surface area contributed by atoms with Crippen molar-refractivity contribution >= 4 is 11.9 Å². The second-order valence-corrected chi connectivity index (χ2v) is 8.52. The Hall–Kier alpha value is -4.52. The van der Waals surface area contributed by atoms with Crippen LogP contribution in [0, 0.1) is 6.92 Å². The highest BCUT2D eigenvalue weighted by atomic mass is 16.5. The first-order valence-corrected chi connectivity index (χ1v) is 11.3. The molecule has 7 nitrogen and oxygen atoms in total. The molecule has 0 saturated heterocycles. The summed E-state index contributed by atoms with van der Waals surface area (Å²) in [4.78, 5) is 26.2. The molecule has 1 aliphatic rings. The van der Waals surface area contributed by atoms with Gasteiger partial charge in [-0.2, -0.15) is 0 Å². The maximum absolute atomic E-state index is 13.4. The molecule has 35 heavy (non-hydrogen) atoms. The monoisotopic (exact) mass is 463 g/mol. The molecule has 4 aromatic rings. The summed E-state index contributed by atoms with van der Waals surface area (Å²) in [7, 11) is 0. The van der Waals surface area contributed by atoms with Crippen LogP contribution in [0.15, 0.2) is 96.5 Å². The van der Waals surface area contributed by atoms with E-state index in [0.29, 0.717) is 11.1 Å². The molecule has 5 rings (SSSR count). The van der Waals surface area contributed by atoms with Crippen LogP contribution >= 0.6 is 0 Å². The summed E-state index contributed by atoms with van der Waals surface area (Å²) in [5, 5.41) is 2.68. The molecule has 0 radical (unpaired) electrons. The Morgan fingerprint density at radius 1 is 0.914 bits per heavy atom. The zero-order chi connectivity index (χ0) is 24.4. The molecule has 0 fully saturated rings. The predicted molar refractivity (Wildman–Crippen MR) is 135 cm³/mol. The van der Waals surface area contributed by atoms with E-state index in [1.54, 1.807) is 12.4 Å². The molecule has 1 amide bonds. The van der Waals surface area contributed by atoms with Crippen LogP contribution in [-0.4, -0.2) is 21.8 Å². The molecular formula is C28H25N5O2. The van der Waals surface area contributed by atoms with E-state index >= 15 is 0 Å². The van der Waals surface area contributed by atoms with Crippen molar-refractivity contribution < 1.29 is 9.53 Å². The van der Waals surface area contributed by atoms with Crippen LogP contribution < -0.4 is 15.8 Å². The van der Waals surface area contributed by atoms with E-state index in [4.69, 9.17) is 10.5 Å². The fraction of sp³-hybridized carbons (Fsp3) is 0.143. The highest BCUT2D eigenvalue weighted by Gasteiger charge is 2.47. The van der Waals surface area contributed by atoms with E-state index < -0.39 is 5.54 Å². The number of carbonyl (C=O) groups is 1. The second kappa shape index (κ2) is 9.02. The van der Waals surface area contributed by atoms with Gasteiger partial charge in [-0.05, 0) is 59.9 Å². The molecule has 174 valence electrons. The van der Waals surface area contributed by atoms with Gasteiger partial charge in [-0.1, -0.05) is 54.6 Å². The van der Waals surface area contributed by atoms with Crippen LogP contribution in [0.25, 0.3) is 11.1 Å². The van der Waals surface area contributed by atoms with Crippen molar-refractivity contribution in [3.8, 4) is 16.9 Å². The Labute approximate surface area is 203 Å².